The first-order chi connectivity index (χ1) is 18.2. The number of hydrogen-bond acceptors (Lipinski definition) is 5. The zero-order valence-electron chi connectivity index (χ0n) is 20.2. The zero-order valence-corrected chi connectivity index (χ0v) is 21.0. The second kappa shape index (κ2) is 10.1. The van der Waals surface area contributed by atoms with Crippen molar-refractivity contribution in [1.29, 1.82) is 0 Å². The molecule has 198 valence electrons. The highest BCUT2D eigenvalue weighted by Gasteiger charge is 2.31. The number of anilines is 2. The fraction of sp³-hybridized carbons (Fsp3) is 0.222. The number of furan rings is 1. The number of halogens is 3. The SMILES string of the molecule is CNC(=O)c1c(-c2ccc(F)cc2)oc2cc(N(Cc3ccc(N)c(C(F)F)c3)S(=O)[O-])c(C3CC3)cc12. The number of carbonyl (C=O) groups is 1. The molecule has 0 saturated heterocycles. The quantitative estimate of drug-likeness (QED) is 0.216. The van der Waals surface area contributed by atoms with Crippen molar-refractivity contribution < 1.29 is 31.1 Å². The number of alkyl halides is 2. The summed E-state index contributed by atoms with van der Waals surface area (Å²) in [6.07, 6.45) is -1.16. The largest absolute Gasteiger partial charge is 0.755 e. The van der Waals surface area contributed by atoms with Gasteiger partial charge in [-0.15, -0.1) is 0 Å². The van der Waals surface area contributed by atoms with Crippen molar-refractivity contribution in [1.82, 2.24) is 5.32 Å². The fourth-order valence-corrected chi connectivity index (χ4v) is 5.11. The van der Waals surface area contributed by atoms with E-state index in [0.717, 1.165) is 17.1 Å². The highest BCUT2D eigenvalue weighted by atomic mass is 32.2. The van der Waals surface area contributed by atoms with Crippen molar-refractivity contribution in [3.8, 4) is 11.3 Å². The molecule has 1 heterocycles. The first-order valence-electron chi connectivity index (χ1n) is 11.8. The lowest BCUT2D eigenvalue weighted by Crippen LogP contribution is -2.26. The van der Waals surface area contributed by atoms with Crippen LogP contribution in [0, 0.1) is 5.82 Å². The van der Waals surface area contributed by atoms with Crippen LogP contribution in [-0.4, -0.2) is 21.7 Å². The fourth-order valence-electron chi connectivity index (χ4n) is 4.54. The molecule has 0 radical (unpaired) electrons. The van der Waals surface area contributed by atoms with E-state index in [2.05, 4.69) is 5.32 Å². The van der Waals surface area contributed by atoms with Gasteiger partial charge >= 0.3 is 0 Å². The highest BCUT2D eigenvalue weighted by Crippen LogP contribution is 2.48. The third-order valence-electron chi connectivity index (χ3n) is 6.58. The maximum atomic E-state index is 13.5. The summed E-state index contributed by atoms with van der Waals surface area (Å²) >= 11 is -2.77. The number of nitrogens with one attached hydrogen (secondary N) is 1. The van der Waals surface area contributed by atoms with Crippen molar-refractivity contribution in [2.24, 2.45) is 0 Å². The normalized spacial score (nSPS) is 14.2. The molecule has 0 aliphatic heterocycles. The summed E-state index contributed by atoms with van der Waals surface area (Å²) < 4.78 is 72.3. The third-order valence-corrected chi connectivity index (χ3v) is 7.26. The van der Waals surface area contributed by atoms with Crippen LogP contribution in [0.5, 0.6) is 0 Å². The number of benzene rings is 3. The molecular formula is C27H23F3N3O4S-. The van der Waals surface area contributed by atoms with Gasteiger partial charge in [-0.1, -0.05) is 6.07 Å². The van der Waals surface area contributed by atoms with Gasteiger partial charge in [0.2, 0.25) is 0 Å². The van der Waals surface area contributed by atoms with Gasteiger partial charge in [0.15, 0.2) is 0 Å². The molecule has 3 N–H and O–H groups in total. The molecule has 0 spiro atoms. The van der Waals surface area contributed by atoms with Crippen LogP contribution in [0.3, 0.4) is 0 Å². The number of fused-ring (bicyclic) bond motifs is 1. The molecule has 7 nitrogen and oxygen atoms in total. The molecule has 11 heteroatoms. The van der Waals surface area contributed by atoms with E-state index >= 15 is 0 Å². The van der Waals surface area contributed by atoms with E-state index < -0.39 is 29.4 Å². The van der Waals surface area contributed by atoms with Crippen molar-refractivity contribution >= 4 is 39.5 Å². The summed E-state index contributed by atoms with van der Waals surface area (Å²) in [5.74, 6) is -0.586. The summed E-state index contributed by atoms with van der Waals surface area (Å²) in [5.41, 5.74) is 7.53. The number of hydrogen-bond donors (Lipinski definition) is 2. The predicted molar refractivity (Wildman–Crippen MR) is 138 cm³/mol. The standard InChI is InChI=1S/C27H24F3N3O4S/c1-32-27(34)24-20-11-18(15-3-4-15)22(12-23(20)37-25(24)16-5-7-17(28)8-6-16)33(38(35)36)13-14-2-9-21(31)19(10-14)26(29)30/h2,5-12,15,26H,3-4,13,31H2,1H3,(H,32,34)(H,35,36)/p-1. The zero-order chi connectivity index (χ0) is 27.1. The van der Waals surface area contributed by atoms with Gasteiger partial charge in [0, 0.05) is 46.6 Å². The lowest BCUT2D eigenvalue weighted by atomic mass is 10.00. The molecule has 1 unspecified atom stereocenters. The average molecular weight is 543 g/mol. The molecular weight excluding hydrogens is 519 g/mol. The van der Waals surface area contributed by atoms with E-state index in [4.69, 9.17) is 10.2 Å². The summed E-state index contributed by atoms with van der Waals surface area (Å²) in [6.45, 7) is -0.213. The van der Waals surface area contributed by atoms with Gasteiger partial charge in [0.1, 0.15) is 17.2 Å². The predicted octanol–water partition coefficient (Wildman–Crippen LogP) is 5.80. The number of nitrogens with two attached hydrogens (primary N) is 1. The van der Waals surface area contributed by atoms with Crippen LogP contribution in [0.4, 0.5) is 24.5 Å². The van der Waals surface area contributed by atoms with Gasteiger partial charge in [0.25, 0.3) is 12.3 Å². The van der Waals surface area contributed by atoms with Crippen molar-refractivity contribution in [2.45, 2.75) is 31.7 Å². The molecule has 1 atom stereocenters. The minimum atomic E-state index is -2.81. The van der Waals surface area contributed by atoms with Crippen LogP contribution in [0.15, 0.2) is 59.0 Å². The summed E-state index contributed by atoms with van der Waals surface area (Å²) in [5, 5.41) is 3.08. The van der Waals surface area contributed by atoms with Crippen LogP contribution < -0.4 is 15.4 Å². The number of rotatable bonds is 8. The van der Waals surface area contributed by atoms with Crippen LogP contribution >= 0.6 is 0 Å². The molecule has 1 fully saturated rings. The van der Waals surface area contributed by atoms with E-state index in [-0.39, 0.29) is 40.6 Å². The monoisotopic (exact) mass is 542 g/mol. The van der Waals surface area contributed by atoms with Gasteiger partial charge in [-0.3, -0.25) is 13.3 Å². The Bertz CT molecular complexity index is 1550. The number of nitrogens with zero attached hydrogens (tertiary/aromatic N) is 1. The maximum absolute atomic E-state index is 13.5. The van der Waals surface area contributed by atoms with E-state index in [1.807, 2.05) is 0 Å². The number of amides is 1. The Morgan fingerprint density at radius 3 is 2.50 bits per heavy atom. The van der Waals surface area contributed by atoms with Gasteiger partial charge in [-0.2, -0.15) is 0 Å². The molecule has 1 amide bonds. The smallest absolute Gasteiger partial charge is 0.265 e. The van der Waals surface area contributed by atoms with E-state index in [0.29, 0.717) is 27.8 Å². The van der Waals surface area contributed by atoms with Gasteiger partial charge in [-0.25, -0.2) is 13.2 Å². The molecule has 3 aromatic carbocycles. The summed E-state index contributed by atoms with van der Waals surface area (Å²) in [6, 6.07) is 12.8. The maximum Gasteiger partial charge on any atom is 0.265 e. The summed E-state index contributed by atoms with van der Waals surface area (Å²) in [4.78, 5) is 12.9. The summed E-state index contributed by atoms with van der Waals surface area (Å²) in [7, 11) is 1.48. The topological polar surface area (TPSA) is 112 Å². The van der Waals surface area contributed by atoms with Crippen LogP contribution in [-0.2, 0) is 17.8 Å². The van der Waals surface area contributed by atoms with Gasteiger partial charge in [0.05, 0.1) is 17.8 Å². The number of carbonyl (C=O) groups excluding carboxylic acids is 1. The average Bonchev–Trinajstić information content (AvgIpc) is 3.67. The third kappa shape index (κ3) is 4.86. The lowest BCUT2D eigenvalue weighted by Gasteiger charge is -2.29. The highest BCUT2D eigenvalue weighted by molar-refractivity contribution is 7.80. The van der Waals surface area contributed by atoms with Crippen LogP contribution in [0.1, 0.15) is 52.2 Å². The van der Waals surface area contributed by atoms with Crippen LogP contribution in [0.25, 0.3) is 22.3 Å². The van der Waals surface area contributed by atoms with Gasteiger partial charge in [-0.05, 0) is 72.4 Å². The Labute approximate surface area is 218 Å². The molecule has 1 saturated carbocycles. The van der Waals surface area contributed by atoms with Crippen molar-refractivity contribution in [3.63, 3.8) is 0 Å². The van der Waals surface area contributed by atoms with E-state index in [1.54, 1.807) is 12.1 Å². The minimum Gasteiger partial charge on any atom is -0.755 e. The molecule has 4 aromatic rings. The molecule has 1 aliphatic rings. The van der Waals surface area contributed by atoms with Crippen LogP contribution in [0.2, 0.25) is 0 Å². The Hall–Kier alpha value is -3.83. The second-order valence-electron chi connectivity index (χ2n) is 9.09. The van der Waals surface area contributed by atoms with Crippen molar-refractivity contribution in [2.75, 3.05) is 17.1 Å². The van der Waals surface area contributed by atoms with Crippen molar-refractivity contribution in [3.05, 3.63) is 82.7 Å². The van der Waals surface area contributed by atoms with E-state index in [1.165, 1.54) is 49.5 Å². The Morgan fingerprint density at radius 2 is 1.89 bits per heavy atom. The molecule has 1 aliphatic carbocycles. The first kappa shape index (κ1) is 25.8. The second-order valence-corrected chi connectivity index (χ2v) is 9.97. The van der Waals surface area contributed by atoms with E-state index in [9.17, 15) is 26.7 Å². The Morgan fingerprint density at radius 1 is 1.18 bits per heavy atom. The molecule has 38 heavy (non-hydrogen) atoms. The number of nitrogen functional groups attached to an aromatic ring is 1. The Balaban J connectivity index is 1.67. The lowest BCUT2D eigenvalue weighted by molar-refractivity contribution is 0.0964. The first-order valence-corrected chi connectivity index (χ1v) is 12.8. The van der Waals surface area contributed by atoms with Gasteiger partial charge < -0.3 is 20.0 Å². The molecule has 1 aromatic heterocycles. The minimum absolute atomic E-state index is 0.0604. The molecule has 5 rings (SSSR count). The Kier molecular flexibility index (Phi) is 6.89. The molecule has 0 bridgehead atoms.